The van der Waals surface area contributed by atoms with Crippen LogP contribution in [0, 0.1) is 11.6 Å². The van der Waals surface area contributed by atoms with Crippen LogP contribution in [0.3, 0.4) is 0 Å². The Morgan fingerprint density at radius 1 is 1.00 bits per heavy atom. The van der Waals surface area contributed by atoms with Gasteiger partial charge in [-0.3, -0.25) is 4.79 Å². The predicted octanol–water partition coefficient (Wildman–Crippen LogP) is 2.43. The molecule has 0 aliphatic heterocycles. The molecule has 4 nitrogen and oxygen atoms in total. The monoisotopic (exact) mass is 325 g/mol. The highest BCUT2D eigenvalue weighted by atomic mass is 32.2. The van der Waals surface area contributed by atoms with Crippen molar-refractivity contribution in [3.63, 3.8) is 0 Å². The van der Waals surface area contributed by atoms with Gasteiger partial charge in [0.1, 0.15) is 11.6 Å². The third-order valence-corrected chi connectivity index (χ3v) is 4.67. The number of hydrogen-bond acceptors (Lipinski definition) is 3. The average Bonchev–Trinajstić information content (AvgIpc) is 2.44. The van der Waals surface area contributed by atoms with Crippen molar-refractivity contribution in [2.24, 2.45) is 0 Å². The number of rotatable bonds is 4. The lowest BCUT2D eigenvalue weighted by atomic mass is 10.2. The van der Waals surface area contributed by atoms with Gasteiger partial charge >= 0.3 is 0 Å². The number of sulfone groups is 1. The fourth-order valence-electron chi connectivity index (χ4n) is 1.83. The van der Waals surface area contributed by atoms with Crippen molar-refractivity contribution < 1.29 is 22.0 Å². The number of benzene rings is 2. The molecule has 0 aliphatic rings. The second kappa shape index (κ2) is 6.23. The van der Waals surface area contributed by atoms with E-state index >= 15 is 0 Å². The van der Waals surface area contributed by atoms with E-state index in [1.807, 2.05) is 0 Å². The molecule has 2 rings (SSSR count). The Balaban J connectivity index is 2.31. The zero-order valence-electron chi connectivity index (χ0n) is 11.6. The second-order valence-electron chi connectivity index (χ2n) is 4.66. The Morgan fingerprint density at radius 3 is 2.05 bits per heavy atom. The first-order valence-electron chi connectivity index (χ1n) is 6.33. The number of halogens is 2. The number of carbonyl (C=O) groups excluding carboxylic acids is 1. The number of nitrogens with one attached hydrogen (secondary N) is 1. The van der Waals surface area contributed by atoms with E-state index in [2.05, 4.69) is 5.32 Å². The molecule has 0 aliphatic carbocycles. The molecular weight excluding hydrogens is 312 g/mol. The maximum absolute atomic E-state index is 13.2. The van der Waals surface area contributed by atoms with Crippen molar-refractivity contribution in [3.8, 4) is 0 Å². The Kier molecular flexibility index (Phi) is 4.56. The smallest absolute Gasteiger partial charge is 0.217 e. The van der Waals surface area contributed by atoms with E-state index in [9.17, 15) is 22.0 Å². The van der Waals surface area contributed by atoms with Crippen molar-refractivity contribution in [1.82, 2.24) is 5.32 Å². The summed E-state index contributed by atoms with van der Waals surface area (Å²) < 4.78 is 51.0. The molecule has 2 aromatic rings. The van der Waals surface area contributed by atoms with Gasteiger partial charge in [-0.1, -0.05) is 12.1 Å². The zero-order chi connectivity index (χ0) is 16.3. The summed E-state index contributed by atoms with van der Waals surface area (Å²) in [5.74, 6) is -2.12. The fraction of sp³-hybridized carbons (Fsp3) is 0.133. The molecule has 0 saturated heterocycles. The van der Waals surface area contributed by atoms with Gasteiger partial charge in [0, 0.05) is 19.5 Å². The normalized spacial score (nSPS) is 11.2. The summed E-state index contributed by atoms with van der Waals surface area (Å²) in [5.41, 5.74) is 0.708. The summed E-state index contributed by atoms with van der Waals surface area (Å²) in [5, 5.41) is 2.58. The molecule has 22 heavy (non-hydrogen) atoms. The van der Waals surface area contributed by atoms with Gasteiger partial charge in [0.25, 0.3) is 0 Å². The summed E-state index contributed by atoms with van der Waals surface area (Å²) in [6.45, 7) is 1.64. The summed E-state index contributed by atoms with van der Waals surface area (Å²) >= 11 is 0. The number of hydrogen-bond donors (Lipinski definition) is 1. The van der Waals surface area contributed by atoms with Gasteiger partial charge in [-0.05, 0) is 29.8 Å². The number of carbonyl (C=O) groups is 1. The van der Waals surface area contributed by atoms with E-state index in [0.717, 1.165) is 12.1 Å². The van der Waals surface area contributed by atoms with Gasteiger partial charge in [0.2, 0.25) is 15.7 Å². The van der Waals surface area contributed by atoms with Gasteiger partial charge in [-0.2, -0.15) is 0 Å². The lowest BCUT2D eigenvalue weighted by Gasteiger charge is -2.07. The van der Waals surface area contributed by atoms with Crippen molar-refractivity contribution in [3.05, 3.63) is 59.7 Å². The van der Waals surface area contributed by atoms with Crippen LogP contribution in [0.15, 0.2) is 52.3 Å². The van der Waals surface area contributed by atoms with Crippen molar-refractivity contribution in [2.45, 2.75) is 23.3 Å². The number of amides is 1. The molecule has 1 N–H and O–H groups in total. The summed E-state index contributed by atoms with van der Waals surface area (Å²) in [4.78, 5) is 10.3. The Labute approximate surface area is 126 Å². The molecule has 2 aromatic carbocycles. The van der Waals surface area contributed by atoms with Crippen LogP contribution in [0.1, 0.15) is 12.5 Å². The molecule has 0 atom stereocenters. The minimum Gasteiger partial charge on any atom is -0.352 e. The molecule has 0 fully saturated rings. The topological polar surface area (TPSA) is 63.2 Å². The third-order valence-electron chi connectivity index (χ3n) is 2.92. The van der Waals surface area contributed by atoms with E-state index in [1.54, 1.807) is 0 Å². The van der Waals surface area contributed by atoms with E-state index in [0.29, 0.717) is 11.6 Å². The molecule has 0 aromatic heterocycles. The maximum Gasteiger partial charge on any atom is 0.217 e. The van der Waals surface area contributed by atoms with Gasteiger partial charge in [-0.15, -0.1) is 0 Å². The Morgan fingerprint density at radius 2 is 1.55 bits per heavy atom. The van der Waals surface area contributed by atoms with E-state index in [-0.39, 0.29) is 17.3 Å². The van der Waals surface area contributed by atoms with Crippen LogP contribution in [0.25, 0.3) is 0 Å². The molecule has 0 spiro atoms. The quantitative estimate of drug-likeness (QED) is 0.939. The largest absolute Gasteiger partial charge is 0.352 e. The van der Waals surface area contributed by atoms with Crippen LogP contribution in [-0.2, 0) is 21.2 Å². The van der Waals surface area contributed by atoms with Crippen LogP contribution in [0.4, 0.5) is 8.78 Å². The van der Waals surface area contributed by atoms with Crippen molar-refractivity contribution >= 4 is 15.7 Å². The average molecular weight is 325 g/mol. The Bertz CT molecular complexity index is 782. The highest BCUT2D eigenvalue weighted by molar-refractivity contribution is 7.91. The third kappa shape index (κ3) is 3.67. The summed E-state index contributed by atoms with van der Waals surface area (Å²) in [7, 11) is -4.00. The first kappa shape index (κ1) is 16.1. The standard InChI is InChI=1S/C15H13F2NO3S/c1-10(19)18-9-11-2-4-14(5-3-11)22(20,21)15-7-12(16)6-13(17)8-15/h2-8H,9H2,1H3,(H,18,19). The van der Waals surface area contributed by atoms with Gasteiger partial charge < -0.3 is 5.32 Å². The van der Waals surface area contributed by atoms with Gasteiger partial charge in [0.05, 0.1) is 9.79 Å². The Hall–Kier alpha value is -2.28. The minimum absolute atomic E-state index is 0.0796. The lowest BCUT2D eigenvalue weighted by Crippen LogP contribution is -2.18. The fourth-order valence-corrected chi connectivity index (χ4v) is 3.13. The van der Waals surface area contributed by atoms with Gasteiger partial charge in [-0.25, -0.2) is 17.2 Å². The van der Waals surface area contributed by atoms with Crippen LogP contribution in [0.5, 0.6) is 0 Å². The predicted molar refractivity (Wildman–Crippen MR) is 75.8 cm³/mol. The van der Waals surface area contributed by atoms with E-state index < -0.39 is 26.4 Å². The van der Waals surface area contributed by atoms with Gasteiger partial charge in [0.15, 0.2) is 0 Å². The molecule has 0 unspecified atom stereocenters. The first-order valence-corrected chi connectivity index (χ1v) is 7.82. The molecule has 7 heteroatoms. The van der Waals surface area contributed by atoms with Crippen LogP contribution in [0.2, 0.25) is 0 Å². The summed E-state index contributed by atoms with van der Waals surface area (Å²) in [6.07, 6.45) is 0. The van der Waals surface area contributed by atoms with E-state index in [1.165, 1.54) is 31.2 Å². The molecule has 116 valence electrons. The highest BCUT2D eigenvalue weighted by Crippen LogP contribution is 2.22. The first-order chi connectivity index (χ1) is 10.3. The van der Waals surface area contributed by atoms with E-state index in [4.69, 9.17) is 0 Å². The molecule has 0 heterocycles. The highest BCUT2D eigenvalue weighted by Gasteiger charge is 2.19. The SMILES string of the molecule is CC(=O)NCc1ccc(S(=O)(=O)c2cc(F)cc(F)c2)cc1. The van der Waals surface area contributed by atoms with Crippen molar-refractivity contribution in [1.29, 1.82) is 0 Å². The van der Waals surface area contributed by atoms with Crippen molar-refractivity contribution in [2.75, 3.05) is 0 Å². The molecule has 1 amide bonds. The molecule has 0 saturated carbocycles. The molecule has 0 radical (unpaired) electrons. The zero-order valence-corrected chi connectivity index (χ0v) is 12.5. The minimum atomic E-state index is -4.00. The van der Waals surface area contributed by atoms with Crippen LogP contribution < -0.4 is 5.32 Å². The second-order valence-corrected chi connectivity index (χ2v) is 6.61. The molecular formula is C15H13F2NO3S. The summed E-state index contributed by atoms with van der Waals surface area (Å²) in [6, 6.07) is 7.85. The lowest BCUT2D eigenvalue weighted by molar-refractivity contribution is -0.119. The van der Waals surface area contributed by atoms with Crippen LogP contribution >= 0.6 is 0 Å². The maximum atomic E-state index is 13.2. The molecule has 0 bridgehead atoms. The van der Waals surface area contributed by atoms with Crippen LogP contribution in [-0.4, -0.2) is 14.3 Å².